The minimum atomic E-state index is -0.145. The highest BCUT2D eigenvalue weighted by molar-refractivity contribution is 7.98. The van der Waals surface area contributed by atoms with Crippen LogP contribution in [0.1, 0.15) is 34.7 Å². The molecule has 2 N–H and O–H groups in total. The molecule has 1 aliphatic carbocycles. The summed E-state index contributed by atoms with van der Waals surface area (Å²) in [6.07, 6.45) is 6.25. The van der Waals surface area contributed by atoms with Crippen LogP contribution in [0.4, 0.5) is 5.82 Å². The molecule has 0 amide bonds. The molecule has 0 radical (unpaired) electrons. The first-order valence-corrected chi connectivity index (χ1v) is 13.0. The second kappa shape index (κ2) is 8.48. The highest BCUT2D eigenvalue weighted by Crippen LogP contribution is 2.38. The van der Waals surface area contributed by atoms with E-state index in [1.165, 1.54) is 35.0 Å². The topological polar surface area (TPSA) is 99.6 Å². The van der Waals surface area contributed by atoms with Gasteiger partial charge in [-0.25, -0.2) is 24.5 Å². The summed E-state index contributed by atoms with van der Waals surface area (Å²) in [6, 6.07) is 11.2. The van der Waals surface area contributed by atoms with Crippen LogP contribution in [0.15, 0.2) is 52.5 Å². The fourth-order valence-electron chi connectivity index (χ4n) is 4.48. The van der Waals surface area contributed by atoms with Gasteiger partial charge in [-0.15, -0.1) is 11.3 Å². The molecule has 170 valence electrons. The quantitative estimate of drug-likeness (QED) is 0.286. The lowest BCUT2D eigenvalue weighted by atomic mass is 9.97. The average molecular weight is 487 g/mol. The number of fused-ring (bicyclic) bond motifs is 4. The van der Waals surface area contributed by atoms with Gasteiger partial charge >= 0.3 is 0 Å². The van der Waals surface area contributed by atoms with Crippen molar-refractivity contribution in [3.05, 3.63) is 74.8 Å². The summed E-state index contributed by atoms with van der Waals surface area (Å²) < 4.78 is 1.58. The molecular weight excluding hydrogens is 464 g/mol. The van der Waals surface area contributed by atoms with E-state index in [1.807, 2.05) is 37.3 Å². The van der Waals surface area contributed by atoms with E-state index in [-0.39, 0.29) is 5.56 Å². The number of pyridine rings is 1. The Hall–Kier alpha value is -3.30. The Morgan fingerprint density at radius 2 is 1.97 bits per heavy atom. The standard InChI is InChI=1S/C25H22N6OS2/c1-14-10-11-27-20(12-14)31-24(32)15-6-2-4-8-17(15)28-25(31)33-13-19-29-22(26)21-16-7-3-5-9-18(16)34-23(21)30-19/h2,4,6,8,10-12H,3,5,7,9,13H2,1H3,(H2,26,29,30). The number of para-hydroxylation sites is 1. The van der Waals surface area contributed by atoms with Crippen LogP contribution in [-0.4, -0.2) is 24.5 Å². The Morgan fingerprint density at radius 3 is 2.85 bits per heavy atom. The molecule has 9 heteroatoms. The normalized spacial score (nSPS) is 13.4. The summed E-state index contributed by atoms with van der Waals surface area (Å²) in [5.74, 6) is 2.18. The summed E-state index contributed by atoms with van der Waals surface area (Å²) >= 11 is 3.15. The first-order chi connectivity index (χ1) is 16.6. The van der Waals surface area contributed by atoms with Gasteiger partial charge in [0.25, 0.3) is 5.56 Å². The Balaban J connectivity index is 1.42. The van der Waals surface area contributed by atoms with Crippen LogP contribution in [0.2, 0.25) is 0 Å². The van der Waals surface area contributed by atoms with Gasteiger partial charge in [0, 0.05) is 11.1 Å². The lowest BCUT2D eigenvalue weighted by molar-refractivity contribution is 0.700. The lowest BCUT2D eigenvalue weighted by Gasteiger charge is -2.13. The van der Waals surface area contributed by atoms with Crippen molar-refractivity contribution in [3.63, 3.8) is 0 Å². The van der Waals surface area contributed by atoms with E-state index in [0.717, 1.165) is 28.6 Å². The minimum Gasteiger partial charge on any atom is -0.383 e. The van der Waals surface area contributed by atoms with E-state index < -0.39 is 0 Å². The lowest BCUT2D eigenvalue weighted by Crippen LogP contribution is -2.22. The van der Waals surface area contributed by atoms with Crippen LogP contribution in [0.5, 0.6) is 0 Å². The van der Waals surface area contributed by atoms with Crippen LogP contribution in [-0.2, 0) is 18.6 Å². The summed E-state index contributed by atoms with van der Waals surface area (Å²) in [5, 5.41) is 2.13. The first-order valence-electron chi connectivity index (χ1n) is 11.2. The molecule has 1 aliphatic rings. The van der Waals surface area contributed by atoms with Crippen LogP contribution in [0.25, 0.3) is 26.9 Å². The third kappa shape index (κ3) is 3.65. The fraction of sp³-hybridized carbons (Fsp3) is 0.240. The Labute approximate surface area is 204 Å². The van der Waals surface area contributed by atoms with Gasteiger partial charge in [0.1, 0.15) is 22.3 Å². The zero-order valence-electron chi connectivity index (χ0n) is 18.6. The SMILES string of the molecule is Cc1ccnc(-n2c(SCc3nc(N)c4c5c(sc4n3)CCCC5)nc3ccccc3c2=O)c1. The third-order valence-corrected chi connectivity index (χ3v) is 8.21. The highest BCUT2D eigenvalue weighted by Gasteiger charge is 2.21. The van der Waals surface area contributed by atoms with E-state index in [0.29, 0.717) is 39.3 Å². The molecule has 4 aromatic heterocycles. The van der Waals surface area contributed by atoms with Gasteiger partial charge in [0.2, 0.25) is 0 Å². The highest BCUT2D eigenvalue weighted by atomic mass is 32.2. The number of aryl methyl sites for hydroxylation is 3. The van der Waals surface area contributed by atoms with Crippen LogP contribution in [0.3, 0.4) is 0 Å². The molecule has 6 rings (SSSR count). The molecule has 0 spiro atoms. The summed E-state index contributed by atoms with van der Waals surface area (Å²) in [7, 11) is 0. The third-order valence-electron chi connectivity index (χ3n) is 6.09. The predicted octanol–water partition coefficient (Wildman–Crippen LogP) is 4.85. The van der Waals surface area contributed by atoms with Gasteiger partial charge in [-0.2, -0.15) is 0 Å². The van der Waals surface area contributed by atoms with Gasteiger partial charge in [-0.1, -0.05) is 23.9 Å². The van der Waals surface area contributed by atoms with Crippen molar-refractivity contribution >= 4 is 50.0 Å². The van der Waals surface area contributed by atoms with E-state index in [4.69, 9.17) is 15.7 Å². The molecule has 5 aromatic rings. The molecule has 0 saturated carbocycles. The van der Waals surface area contributed by atoms with E-state index >= 15 is 0 Å². The van der Waals surface area contributed by atoms with Gasteiger partial charge in [-0.3, -0.25) is 4.79 Å². The van der Waals surface area contributed by atoms with Crippen LogP contribution >= 0.6 is 23.1 Å². The molecular formula is C25H22N6OS2. The molecule has 34 heavy (non-hydrogen) atoms. The number of thioether (sulfide) groups is 1. The van der Waals surface area contributed by atoms with Gasteiger partial charge < -0.3 is 5.73 Å². The largest absolute Gasteiger partial charge is 0.383 e. The number of rotatable bonds is 4. The molecule has 1 aromatic carbocycles. The van der Waals surface area contributed by atoms with Gasteiger partial charge in [0.15, 0.2) is 5.16 Å². The molecule has 4 heterocycles. The molecule has 0 fully saturated rings. The monoisotopic (exact) mass is 486 g/mol. The fourth-order valence-corrected chi connectivity index (χ4v) is 6.62. The summed E-state index contributed by atoms with van der Waals surface area (Å²) in [4.78, 5) is 34.5. The van der Waals surface area contributed by atoms with Gasteiger partial charge in [-0.05, 0) is 68.0 Å². The van der Waals surface area contributed by atoms with Crippen molar-refractivity contribution in [3.8, 4) is 5.82 Å². The number of anilines is 1. The number of nitrogens with two attached hydrogens (primary N) is 1. The van der Waals surface area contributed by atoms with Crippen LogP contribution in [0, 0.1) is 6.92 Å². The summed E-state index contributed by atoms with van der Waals surface area (Å²) in [6.45, 7) is 1.98. The van der Waals surface area contributed by atoms with Crippen molar-refractivity contribution in [1.29, 1.82) is 0 Å². The average Bonchev–Trinajstić information content (AvgIpc) is 3.22. The van der Waals surface area contributed by atoms with Gasteiger partial charge in [0.05, 0.1) is 22.0 Å². The van der Waals surface area contributed by atoms with E-state index in [2.05, 4.69) is 9.97 Å². The molecule has 0 saturated heterocycles. The molecule has 7 nitrogen and oxygen atoms in total. The molecule has 0 unspecified atom stereocenters. The first kappa shape index (κ1) is 21.2. The van der Waals surface area contributed by atoms with Crippen molar-refractivity contribution in [1.82, 2.24) is 24.5 Å². The maximum Gasteiger partial charge on any atom is 0.267 e. The van der Waals surface area contributed by atoms with Crippen molar-refractivity contribution in [2.45, 2.75) is 43.5 Å². The molecule has 0 atom stereocenters. The number of nitrogens with zero attached hydrogens (tertiary/aromatic N) is 5. The summed E-state index contributed by atoms with van der Waals surface area (Å²) in [5.41, 5.74) is 9.25. The van der Waals surface area contributed by atoms with Crippen molar-refractivity contribution in [2.75, 3.05) is 5.73 Å². The van der Waals surface area contributed by atoms with Crippen LogP contribution < -0.4 is 11.3 Å². The maximum absolute atomic E-state index is 13.4. The molecule has 0 aliphatic heterocycles. The zero-order valence-corrected chi connectivity index (χ0v) is 20.2. The zero-order chi connectivity index (χ0) is 23.2. The number of hydrogen-bond acceptors (Lipinski definition) is 8. The van der Waals surface area contributed by atoms with E-state index in [9.17, 15) is 4.79 Å². The van der Waals surface area contributed by atoms with Crippen molar-refractivity contribution in [2.24, 2.45) is 0 Å². The second-order valence-corrected chi connectivity index (χ2v) is 10.5. The predicted molar refractivity (Wildman–Crippen MR) is 138 cm³/mol. The van der Waals surface area contributed by atoms with E-state index in [1.54, 1.807) is 28.2 Å². The smallest absolute Gasteiger partial charge is 0.267 e. The number of hydrogen-bond donors (Lipinski definition) is 1. The Kier molecular flexibility index (Phi) is 5.30. The Bertz CT molecular complexity index is 1620. The second-order valence-electron chi connectivity index (χ2n) is 8.45. The number of thiophene rings is 1. The maximum atomic E-state index is 13.4. The van der Waals surface area contributed by atoms with Crippen molar-refractivity contribution < 1.29 is 0 Å². The number of nitrogen functional groups attached to an aromatic ring is 1. The molecule has 0 bridgehead atoms. The number of benzene rings is 1. The minimum absolute atomic E-state index is 0.145. The number of aromatic nitrogens is 5. The Morgan fingerprint density at radius 1 is 1.12 bits per heavy atom.